The minimum atomic E-state index is -0.510. The van der Waals surface area contributed by atoms with Crippen LogP contribution in [0.25, 0.3) is 11.1 Å². The molecule has 1 saturated heterocycles. The van der Waals surface area contributed by atoms with E-state index in [-0.39, 0.29) is 25.5 Å². The first kappa shape index (κ1) is 21.5. The fourth-order valence-electron chi connectivity index (χ4n) is 3.60. The molecule has 1 fully saturated rings. The highest BCUT2D eigenvalue weighted by atomic mass is 19.1. The van der Waals surface area contributed by atoms with Crippen LogP contribution in [0.5, 0.6) is 0 Å². The molecule has 6 nitrogen and oxygen atoms in total. The molecule has 1 N–H and O–H groups in total. The molecule has 30 heavy (non-hydrogen) atoms. The van der Waals surface area contributed by atoms with Crippen molar-refractivity contribution in [1.82, 2.24) is 10.2 Å². The lowest BCUT2D eigenvalue weighted by Gasteiger charge is -2.32. The predicted octanol–water partition coefficient (Wildman–Crippen LogP) is 3.66. The zero-order valence-corrected chi connectivity index (χ0v) is 16.9. The molecule has 0 bridgehead atoms. The molecule has 7 heteroatoms. The van der Waals surface area contributed by atoms with E-state index in [0.29, 0.717) is 30.5 Å². The summed E-state index contributed by atoms with van der Waals surface area (Å²) in [6, 6.07) is 13.3. The Labute approximate surface area is 175 Å². The van der Waals surface area contributed by atoms with Crippen molar-refractivity contribution in [1.29, 1.82) is 0 Å². The minimum absolute atomic E-state index is 0.184. The average molecular weight is 412 g/mol. The molecule has 0 aromatic heterocycles. The van der Waals surface area contributed by atoms with E-state index in [9.17, 15) is 18.8 Å². The first-order valence-electron chi connectivity index (χ1n) is 10.1. The van der Waals surface area contributed by atoms with Crippen LogP contribution in [0.1, 0.15) is 30.1 Å². The van der Waals surface area contributed by atoms with Crippen molar-refractivity contribution >= 4 is 17.8 Å². The van der Waals surface area contributed by atoms with Gasteiger partial charge in [0.25, 0.3) is 0 Å². The molecular weight excluding hydrogens is 387 g/mol. The van der Waals surface area contributed by atoms with E-state index in [2.05, 4.69) is 5.32 Å². The number of hydrogen-bond donors (Lipinski definition) is 1. The molecule has 1 aliphatic heterocycles. The van der Waals surface area contributed by atoms with E-state index < -0.39 is 23.7 Å². The molecule has 0 saturated carbocycles. The van der Waals surface area contributed by atoms with Crippen molar-refractivity contribution in [2.45, 2.75) is 19.8 Å². The van der Waals surface area contributed by atoms with Gasteiger partial charge in [-0.15, -0.1) is 0 Å². The van der Waals surface area contributed by atoms with E-state index in [1.54, 1.807) is 19.1 Å². The summed E-state index contributed by atoms with van der Waals surface area (Å²) in [5, 5.41) is 2.51. The number of likely N-dealkylation sites (tertiary alicyclic amines) is 1. The zero-order valence-electron chi connectivity index (χ0n) is 16.9. The van der Waals surface area contributed by atoms with Crippen molar-refractivity contribution < 1.29 is 23.5 Å². The summed E-state index contributed by atoms with van der Waals surface area (Å²) >= 11 is 0. The SMILES string of the molecule is CCOC(=O)CNC(=O)N1CCC[C@@H](C(=O)c2ccc(-c3ccccc3)c(F)c2)C1. The molecular formula is C23H25FN2O4. The highest BCUT2D eigenvalue weighted by molar-refractivity contribution is 5.98. The Morgan fingerprint density at radius 1 is 1.17 bits per heavy atom. The summed E-state index contributed by atoms with van der Waals surface area (Å²) < 4.78 is 19.4. The number of halogens is 1. The third-order valence-corrected chi connectivity index (χ3v) is 5.11. The van der Waals surface area contributed by atoms with Crippen LogP contribution in [0.3, 0.4) is 0 Å². The van der Waals surface area contributed by atoms with Gasteiger partial charge in [-0.05, 0) is 31.4 Å². The third-order valence-electron chi connectivity index (χ3n) is 5.11. The fraction of sp³-hybridized carbons (Fsp3) is 0.348. The van der Waals surface area contributed by atoms with Crippen LogP contribution in [0.15, 0.2) is 48.5 Å². The molecule has 0 radical (unpaired) electrons. The maximum Gasteiger partial charge on any atom is 0.325 e. The summed E-state index contributed by atoms with van der Waals surface area (Å²) in [6.07, 6.45) is 1.29. The number of nitrogens with one attached hydrogen (secondary N) is 1. The normalized spacial score (nSPS) is 16.1. The number of nitrogens with zero attached hydrogens (tertiary/aromatic N) is 1. The van der Waals surface area contributed by atoms with Crippen LogP contribution >= 0.6 is 0 Å². The van der Waals surface area contributed by atoms with Crippen molar-refractivity contribution in [3.05, 3.63) is 59.9 Å². The van der Waals surface area contributed by atoms with E-state index in [4.69, 9.17) is 4.74 Å². The highest BCUT2D eigenvalue weighted by Gasteiger charge is 2.29. The average Bonchev–Trinajstić information content (AvgIpc) is 2.77. The van der Waals surface area contributed by atoms with Gasteiger partial charge in [0.15, 0.2) is 5.78 Å². The summed E-state index contributed by atoms with van der Waals surface area (Å²) in [5.41, 5.74) is 1.48. The number of rotatable bonds is 6. The zero-order chi connectivity index (χ0) is 21.5. The lowest BCUT2D eigenvalue weighted by Crippen LogP contribution is -2.48. The molecule has 1 aliphatic rings. The van der Waals surface area contributed by atoms with Gasteiger partial charge in [0, 0.05) is 30.1 Å². The Bertz CT molecular complexity index is 917. The molecule has 158 valence electrons. The maximum absolute atomic E-state index is 14.6. The van der Waals surface area contributed by atoms with Gasteiger partial charge in [-0.3, -0.25) is 9.59 Å². The first-order valence-corrected chi connectivity index (χ1v) is 10.1. The smallest absolute Gasteiger partial charge is 0.325 e. The molecule has 1 atom stereocenters. The van der Waals surface area contributed by atoms with Gasteiger partial charge >= 0.3 is 12.0 Å². The predicted molar refractivity (Wildman–Crippen MR) is 110 cm³/mol. The summed E-state index contributed by atoms with van der Waals surface area (Å²) in [5.74, 6) is -1.55. The molecule has 2 aromatic carbocycles. The molecule has 2 aromatic rings. The van der Waals surface area contributed by atoms with Crippen molar-refractivity contribution in [3.63, 3.8) is 0 Å². The van der Waals surface area contributed by atoms with Gasteiger partial charge < -0.3 is 15.0 Å². The van der Waals surface area contributed by atoms with Gasteiger partial charge in [0.05, 0.1) is 6.61 Å². The van der Waals surface area contributed by atoms with Crippen LogP contribution in [0.4, 0.5) is 9.18 Å². The van der Waals surface area contributed by atoms with Gasteiger partial charge in [0.2, 0.25) is 0 Å². The molecule has 0 unspecified atom stereocenters. The number of benzene rings is 2. The van der Waals surface area contributed by atoms with E-state index >= 15 is 0 Å². The Kier molecular flexibility index (Phi) is 7.17. The molecule has 0 aliphatic carbocycles. The standard InChI is InChI=1S/C23H25FN2O4/c1-2-30-21(27)14-25-23(29)26-12-6-9-18(15-26)22(28)17-10-11-19(20(24)13-17)16-7-4-3-5-8-16/h3-5,7-8,10-11,13,18H,2,6,9,12,14-15H2,1H3,(H,25,29)/t18-/m1/s1. The third kappa shape index (κ3) is 5.23. The number of carbonyl (C=O) groups excluding carboxylic acids is 3. The largest absolute Gasteiger partial charge is 0.465 e. The molecule has 0 spiro atoms. The first-order chi connectivity index (χ1) is 14.5. The molecule has 1 heterocycles. The van der Waals surface area contributed by atoms with Crippen LogP contribution < -0.4 is 5.32 Å². The quantitative estimate of drug-likeness (QED) is 0.580. The van der Waals surface area contributed by atoms with E-state index in [1.807, 2.05) is 30.3 Å². The Morgan fingerprint density at radius 2 is 1.93 bits per heavy atom. The second kappa shape index (κ2) is 10.0. The minimum Gasteiger partial charge on any atom is -0.465 e. The van der Waals surface area contributed by atoms with Crippen LogP contribution in [0, 0.1) is 11.7 Å². The van der Waals surface area contributed by atoms with Gasteiger partial charge in [-0.25, -0.2) is 9.18 Å². The molecule has 3 rings (SSSR count). The van der Waals surface area contributed by atoms with Gasteiger partial charge in [-0.1, -0.05) is 42.5 Å². The lowest BCUT2D eigenvalue weighted by molar-refractivity contribution is -0.141. The number of carbonyl (C=O) groups is 3. The van der Waals surface area contributed by atoms with Crippen molar-refractivity contribution in [2.75, 3.05) is 26.2 Å². The van der Waals surface area contributed by atoms with Crippen LogP contribution in [0.2, 0.25) is 0 Å². The van der Waals surface area contributed by atoms with E-state index in [1.165, 1.54) is 11.0 Å². The van der Waals surface area contributed by atoms with E-state index in [0.717, 1.165) is 5.56 Å². The Hall–Kier alpha value is -3.22. The highest BCUT2D eigenvalue weighted by Crippen LogP contribution is 2.26. The van der Waals surface area contributed by atoms with Gasteiger partial charge in [-0.2, -0.15) is 0 Å². The topological polar surface area (TPSA) is 75.7 Å². The van der Waals surface area contributed by atoms with Crippen molar-refractivity contribution in [2.24, 2.45) is 5.92 Å². The number of urea groups is 1. The number of esters is 1. The number of ketones is 1. The van der Waals surface area contributed by atoms with Gasteiger partial charge in [0.1, 0.15) is 12.4 Å². The monoisotopic (exact) mass is 412 g/mol. The van der Waals surface area contributed by atoms with Crippen LogP contribution in [-0.2, 0) is 9.53 Å². The summed E-state index contributed by atoms with van der Waals surface area (Å²) in [4.78, 5) is 38.1. The second-order valence-corrected chi connectivity index (χ2v) is 7.17. The van der Waals surface area contributed by atoms with Crippen LogP contribution in [-0.4, -0.2) is 48.9 Å². The Balaban J connectivity index is 1.64. The maximum atomic E-state index is 14.6. The number of Topliss-reactive ketones (excluding diaryl/α,β-unsaturated/α-hetero) is 1. The fourth-order valence-corrected chi connectivity index (χ4v) is 3.60. The lowest BCUT2D eigenvalue weighted by atomic mass is 9.89. The molecule has 2 amide bonds. The summed E-state index contributed by atoms with van der Waals surface area (Å²) in [7, 11) is 0. The number of hydrogen-bond acceptors (Lipinski definition) is 4. The number of amides is 2. The van der Waals surface area contributed by atoms with Crippen molar-refractivity contribution in [3.8, 4) is 11.1 Å². The second-order valence-electron chi connectivity index (χ2n) is 7.17. The summed E-state index contributed by atoms with van der Waals surface area (Å²) in [6.45, 7) is 2.45. The number of ether oxygens (including phenoxy) is 1. The Morgan fingerprint density at radius 3 is 2.63 bits per heavy atom. The number of piperidine rings is 1.